The van der Waals surface area contributed by atoms with Gasteiger partial charge < -0.3 is 20.9 Å². The zero-order valence-corrected chi connectivity index (χ0v) is 25.9. The molecule has 0 spiro atoms. The van der Waals surface area contributed by atoms with Crippen LogP contribution in [0.1, 0.15) is 62.0 Å². The van der Waals surface area contributed by atoms with Gasteiger partial charge in [-0.1, -0.05) is 32.9 Å². The number of fused-ring (bicyclic) bond motifs is 1. The molecule has 0 fully saturated rings. The maximum Gasteiger partial charge on any atom is 0.328 e. The quantitative estimate of drug-likeness (QED) is 0.219. The Kier molecular flexibility index (Phi) is 12.5. The fourth-order valence-corrected chi connectivity index (χ4v) is 4.77. The summed E-state index contributed by atoms with van der Waals surface area (Å²) in [4.78, 5) is 38.5. The second-order valence-corrected chi connectivity index (χ2v) is 10.1. The number of carbonyl (C=O) groups is 2. The molecule has 10 nitrogen and oxygen atoms in total. The van der Waals surface area contributed by atoms with E-state index in [1.807, 2.05) is 19.9 Å². The molecule has 1 aliphatic heterocycles. The summed E-state index contributed by atoms with van der Waals surface area (Å²) in [5.74, 6) is -1.71. The Balaban J connectivity index is 0.00000169. The van der Waals surface area contributed by atoms with Gasteiger partial charge in [0.25, 0.3) is 5.91 Å². The molecule has 1 aliphatic rings. The van der Waals surface area contributed by atoms with Crippen LogP contribution < -0.4 is 20.9 Å². The molecule has 2 heterocycles. The molecular weight excluding hydrogens is 566 g/mol. The van der Waals surface area contributed by atoms with Gasteiger partial charge in [0.15, 0.2) is 5.82 Å². The van der Waals surface area contributed by atoms with E-state index >= 15 is 0 Å². The highest BCUT2D eigenvalue weighted by molar-refractivity contribution is 6.02. The lowest BCUT2D eigenvalue weighted by molar-refractivity contribution is 0.0953. The lowest BCUT2D eigenvalue weighted by Gasteiger charge is -2.31. The van der Waals surface area contributed by atoms with Crippen LogP contribution in [-0.2, 0) is 6.54 Å². The number of benzene rings is 2. The number of para-hydroxylation sites is 1. The van der Waals surface area contributed by atoms with Gasteiger partial charge in [0.1, 0.15) is 17.3 Å². The van der Waals surface area contributed by atoms with Crippen LogP contribution in [0.2, 0.25) is 0 Å². The predicted octanol–water partition coefficient (Wildman–Crippen LogP) is 5.91. The van der Waals surface area contributed by atoms with Crippen LogP contribution in [0.15, 0.2) is 36.4 Å². The standard InChI is InChI=1S/C30H37F2N7O2.C2H3N/c1-5-14-33-28(40)20-13-12-19(4)21(17-20)25-22-18-35-30(41)39(26-23(31)10-8-11-24(26)32)27(22)37-29(36-25)34-15-9-16-38(6-2)7-3;1-2-3/h8,10-13,17H,5-7,9,14-16,18H2,1-4H3,(H,33,40)(H,35,41)(H,34,36,37);1H3. The molecule has 1 aromatic heterocycles. The topological polar surface area (TPSA) is 126 Å². The molecular formula is C32H40F2N8O2. The smallest absolute Gasteiger partial charge is 0.328 e. The molecule has 4 rings (SSSR count). The monoisotopic (exact) mass is 606 g/mol. The van der Waals surface area contributed by atoms with Crippen molar-refractivity contribution >= 4 is 29.4 Å². The summed E-state index contributed by atoms with van der Waals surface area (Å²) in [7, 11) is 0. The maximum absolute atomic E-state index is 15.0. The Morgan fingerprint density at radius 2 is 1.80 bits per heavy atom. The van der Waals surface area contributed by atoms with Crippen molar-refractivity contribution in [3.63, 3.8) is 0 Å². The van der Waals surface area contributed by atoms with E-state index in [1.54, 1.807) is 18.2 Å². The number of hydrogen-bond donors (Lipinski definition) is 3. The normalized spacial score (nSPS) is 12.1. The number of amides is 3. The molecule has 3 aromatic rings. The van der Waals surface area contributed by atoms with E-state index in [4.69, 9.17) is 10.2 Å². The number of nitrogens with zero attached hydrogens (tertiary/aromatic N) is 5. The summed E-state index contributed by atoms with van der Waals surface area (Å²) in [5, 5.41) is 16.1. The second-order valence-electron chi connectivity index (χ2n) is 10.1. The summed E-state index contributed by atoms with van der Waals surface area (Å²) < 4.78 is 29.9. The number of aromatic nitrogens is 2. The Morgan fingerprint density at radius 3 is 2.43 bits per heavy atom. The molecule has 0 unspecified atom stereocenters. The lowest BCUT2D eigenvalue weighted by Crippen LogP contribution is -2.43. The van der Waals surface area contributed by atoms with E-state index in [2.05, 4.69) is 39.7 Å². The van der Waals surface area contributed by atoms with E-state index in [1.165, 1.54) is 13.0 Å². The van der Waals surface area contributed by atoms with Crippen LogP contribution in [0.3, 0.4) is 0 Å². The fourth-order valence-electron chi connectivity index (χ4n) is 4.77. The fraction of sp³-hybridized carbons (Fsp3) is 0.406. The number of anilines is 3. The Labute approximate surface area is 257 Å². The van der Waals surface area contributed by atoms with Gasteiger partial charge >= 0.3 is 6.03 Å². The predicted molar refractivity (Wildman–Crippen MR) is 168 cm³/mol. The van der Waals surface area contributed by atoms with Crippen LogP contribution in [0.25, 0.3) is 11.3 Å². The second kappa shape index (κ2) is 16.3. The molecule has 0 atom stereocenters. The van der Waals surface area contributed by atoms with Crippen molar-refractivity contribution in [2.24, 2.45) is 0 Å². The number of halogens is 2. The molecule has 0 radical (unpaired) electrons. The average Bonchev–Trinajstić information content (AvgIpc) is 3.01. The number of aryl methyl sites for hydroxylation is 1. The van der Waals surface area contributed by atoms with E-state index in [9.17, 15) is 18.4 Å². The van der Waals surface area contributed by atoms with Crippen LogP contribution in [0.4, 0.5) is 31.0 Å². The first kappa shape index (κ1) is 33.9. The molecule has 2 aromatic carbocycles. The molecule has 44 heavy (non-hydrogen) atoms. The zero-order valence-electron chi connectivity index (χ0n) is 25.9. The van der Waals surface area contributed by atoms with Gasteiger partial charge in [0, 0.05) is 36.7 Å². The van der Waals surface area contributed by atoms with E-state index in [0.29, 0.717) is 35.5 Å². The number of carbonyl (C=O) groups excluding carboxylic acids is 2. The SMILES string of the molecule is CC#N.CCCNC(=O)c1ccc(C)c(-c2nc(NCCCN(CC)CC)nc3c2CNC(=O)N3c2c(F)cccc2F)c1. The van der Waals surface area contributed by atoms with E-state index in [-0.39, 0.29) is 24.2 Å². The Morgan fingerprint density at radius 1 is 1.11 bits per heavy atom. The van der Waals surface area contributed by atoms with Crippen molar-refractivity contribution in [2.75, 3.05) is 42.9 Å². The molecule has 234 valence electrons. The van der Waals surface area contributed by atoms with Gasteiger partial charge in [-0.05, 0) is 69.2 Å². The number of nitriles is 1. The first-order chi connectivity index (χ1) is 21.2. The highest BCUT2D eigenvalue weighted by atomic mass is 19.1. The number of urea groups is 1. The van der Waals surface area contributed by atoms with E-state index < -0.39 is 23.4 Å². The molecule has 0 aliphatic carbocycles. The first-order valence-corrected chi connectivity index (χ1v) is 14.8. The summed E-state index contributed by atoms with van der Waals surface area (Å²) in [6.07, 6.45) is 1.62. The van der Waals surface area contributed by atoms with E-state index in [0.717, 1.165) is 55.1 Å². The van der Waals surface area contributed by atoms with Gasteiger partial charge in [-0.3, -0.25) is 4.79 Å². The molecule has 3 N–H and O–H groups in total. The van der Waals surface area contributed by atoms with Crippen LogP contribution in [-0.4, -0.2) is 59.5 Å². The van der Waals surface area contributed by atoms with Crippen LogP contribution in [0, 0.1) is 29.9 Å². The molecule has 0 saturated carbocycles. The molecule has 0 saturated heterocycles. The maximum atomic E-state index is 15.0. The minimum absolute atomic E-state index is 0.0456. The summed E-state index contributed by atoms with van der Waals surface area (Å²) in [6, 6.07) is 9.79. The third-order valence-electron chi connectivity index (χ3n) is 7.10. The average molecular weight is 607 g/mol. The molecule has 12 heteroatoms. The molecule has 0 bridgehead atoms. The zero-order chi connectivity index (χ0) is 32.2. The van der Waals surface area contributed by atoms with Crippen molar-refractivity contribution in [3.8, 4) is 17.3 Å². The van der Waals surface area contributed by atoms with Gasteiger partial charge in [0.05, 0.1) is 18.3 Å². The van der Waals surface area contributed by atoms with Crippen LogP contribution >= 0.6 is 0 Å². The molecule has 3 amide bonds. The third kappa shape index (κ3) is 8.05. The van der Waals surface area contributed by atoms with Crippen molar-refractivity contribution in [1.29, 1.82) is 5.26 Å². The highest BCUT2D eigenvalue weighted by Crippen LogP contribution is 2.39. The van der Waals surface area contributed by atoms with Crippen LogP contribution in [0.5, 0.6) is 0 Å². The van der Waals surface area contributed by atoms with Crippen molar-refractivity contribution in [2.45, 2.75) is 54.0 Å². The Hall–Kier alpha value is -4.63. The van der Waals surface area contributed by atoms with Gasteiger partial charge in [-0.2, -0.15) is 10.2 Å². The van der Waals surface area contributed by atoms with Crippen molar-refractivity contribution < 1.29 is 18.4 Å². The highest BCUT2D eigenvalue weighted by Gasteiger charge is 2.34. The minimum Gasteiger partial charge on any atom is -0.354 e. The van der Waals surface area contributed by atoms with Gasteiger partial charge in [-0.15, -0.1) is 0 Å². The first-order valence-electron chi connectivity index (χ1n) is 14.8. The largest absolute Gasteiger partial charge is 0.354 e. The number of nitrogens with one attached hydrogen (secondary N) is 3. The minimum atomic E-state index is -0.896. The summed E-state index contributed by atoms with van der Waals surface area (Å²) >= 11 is 0. The summed E-state index contributed by atoms with van der Waals surface area (Å²) in [5.41, 5.74) is 2.38. The number of rotatable bonds is 12. The lowest BCUT2D eigenvalue weighted by atomic mass is 9.97. The van der Waals surface area contributed by atoms with Gasteiger partial charge in [-0.25, -0.2) is 23.5 Å². The van der Waals surface area contributed by atoms with Crippen molar-refractivity contribution in [3.05, 3.63) is 64.7 Å². The third-order valence-corrected chi connectivity index (χ3v) is 7.10. The van der Waals surface area contributed by atoms with Gasteiger partial charge in [0.2, 0.25) is 5.95 Å². The number of hydrogen-bond acceptors (Lipinski definition) is 7. The van der Waals surface area contributed by atoms with Crippen molar-refractivity contribution in [1.82, 2.24) is 25.5 Å². The Bertz CT molecular complexity index is 1480. The summed E-state index contributed by atoms with van der Waals surface area (Å²) in [6.45, 7) is 13.4.